The average Bonchev–Trinajstić information content (AvgIpc) is 2.28. The van der Waals surface area contributed by atoms with Crippen molar-refractivity contribution in [3.63, 3.8) is 0 Å². The highest BCUT2D eigenvalue weighted by atomic mass is 35.5. The lowest BCUT2D eigenvalue weighted by Gasteiger charge is -2.28. The molecule has 0 aliphatic rings. The minimum absolute atomic E-state index is 0.171. The molecule has 0 saturated carbocycles. The highest BCUT2D eigenvalue weighted by Crippen LogP contribution is 2.40. The molecule has 0 amide bonds. The molecule has 7 heteroatoms. The van der Waals surface area contributed by atoms with Crippen LogP contribution in [0.3, 0.4) is 0 Å². The second kappa shape index (κ2) is 5.55. The van der Waals surface area contributed by atoms with Crippen LogP contribution in [0.1, 0.15) is 25.5 Å². The summed E-state index contributed by atoms with van der Waals surface area (Å²) in [4.78, 5) is 0. The molecular weight excluding hydrogens is 319 g/mol. The van der Waals surface area contributed by atoms with Crippen LogP contribution in [-0.2, 0) is 9.84 Å². The molecule has 1 N–H and O–H groups in total. The molecule has 0 spiro atoms. The van der Waals surface area contributed by atoms with Crippen molar-refractivity contribution in [2.75, 3.05) is 5.75 Å². The molecule has 0 bridgehead atoms. The van der Waals surface area contributed by atoms with Crippen molar-refractivity contribution < 1.29 is 13.5 Å². The first-order valence-corrected chi connectivity index (χ1v) is 7.96. The predicted octanol–water partition coefficient (Wildman–Crippen LogP) is 3.42. The Hall–Kier alpha value is -0.000000000000000111. The molecule has 0 heterocycles. The number of benzene rings is 1. The molecule has 1 rings (SSSR count). The van der Waals surface area contributed by atoms with Crippen LogP contribution in [0.4, 0.5) is 0 Å². The highest BCUT2D eigenvalue weighted by Gasteiger charge is 2.44. The van der Waals surface area contributed by atoms with Gasteiger partial charge in [0.2, 0.25) is 0 Å². The summed E-state index contributed by atoms with van der Waals surface area (Å²) < 4.78 is 21.9. The summed E-state index contributed by atoms with van der Waals surface area (Å²) in [6.07, 6.45) is -1.44. The number of aliphatic hydroxyl groups excluding tert-OH is 1. The Morgan fingerprint density at radius 1 is 1.39 bits per heavy atom. The van der Waals surface area contributed by atoms with Gasteiger partial charge in [-0.25, -0.2) is 8.42 Å². The SMILES string of the molecule is CCS(=O)(=O)[C@](C)(Cl)[C@@H](O)c1ccc(Cl)cc1Cl. The topological polar surface area (TPSA) is 54.4 Å². The van der Waals surface area contributed by atoms with Crippen molar-refractivity contribution in [3.05, 3.63) is 33.8 Å². The zero-order chi connectivity index (χ0) is 14.1. The van der Waals surface area contributed by atoms with Gasteiger partial charge < -0.3 is 5.11 Å². The molecule has 1 aromatic carbocycles. The number of alkyl halides is 1. The van der Waals surface area contributed by atoms with Crippen molar-refractivity contribution >= 4 is 44.6 Å². The molecule has 102 valence electrons. The zero-order valence-corrected chi connectivity index (χ0v) is 12.9. The second-order valence-corrected chi connectivity index (χ2v) is 8.47. The first-order valence-electron chi connectivity index (χ1n) is 5.17. The number of hydrogen-bond acceptors (Lipinski definition) is 3. The van der Waals surface area contributed by atoms with E-state index in [1.807, 2.05) is 0 Å². The van der Waals surface area contributed by atoms with E-state index in [9.17, 15) is 13.5 Å². The Labute approximate surface area is 122 Å². The molecule has 1 aromatic rings. The van der Waals surface area contributed by atoms with E-state index in [1.54, 1.807) is 0 Å². The molecule has 0 aliphatic carbocycles. The first kappa shape index (κ1) is 16.1. The van der Waals surface area contributed by atoms with Gasteiger partial charge in [0.1, 0.15) is 6.10 Å². The fourth-order valence-corrected chi connectivity index (χ4v) is 3.44. The Balaban J connectivity index is 3.26. The summed E-state index contributed by atoms with van der Waals surface area (Å²) in [5.74, 6) is -0.171. The van der Waals surface area contributed by atoms with Crippen molar-refractivity contribution in [1.29, 1.82) is 0 Å². The van der Waals surface area contributed by atoms with Crippen LogP contribution in [0.25, 0.3) is 0 Å². The van der Waals surface area contributed by atoms with E-state index in [0.717, 1.165) is 0 Å². The zero-order valence-electron chi connectivity index (χ0n) is 9.82. The van der Waals surface area contributed by atoms with Crippen LogP contribution < -0.4 is 0 Å². The van der Waals surface area contributed by atoms with Crippen LogP contribution in [0.15, 0.2) is 18.2 Å². The lowest BCUT2D eigenvalue weighted by atomic mass is 10.1. The van der Waals surface area contributed by atoms with Gasteiger partial charge in [-0.05, 0) is 19.1 Å². The summed E-state index contributed by atoms with van der Waals surface area (Å²) in [6, 6.07) is 4.39. The van der Waals surface area contributed by atoms with E-state index in [4.69, 9.17) is 34.8 Å². The molecule has 2 atom stereocenters. The number of sulfone groups is 1. The highest BCUT2D eigenvalue weighted by molar-refractivity contribution is 7.94. The van der Waals surface area contributed by atoms with Gasteiger partial charge in [0, 0.05) is 21.4 Å². The number of rotatable bonds is 4. The minimum atomic E-state index is -3.65. The Morgan fingerprint density at radius 2 is 1.94 bits per heavy atom. The maximum absolute atomic E-state index is 11.9. The third-order valence-electron chi connectivity index (χ3n) is 2.73. The molecule has 18 heavy (non-hydrogen) atoms. The van der Waals surface area contributed by atoms with Gasteiger partial charge in [0.25, 0.3) is 0 Å². The van der Waals surface area contributed by atoms with E-state index in [0.29, 0.717) is 5.02 Å². The molecule has 0 saturated heterocycles. The van der Waals surface area contributed by atoms with Gasteiger partial charge in [-0.15, -0.1) is 0 Å². The van der Waals surface area contributed by atoms with Gasteiger partial charge in [0.05, 0.1) is 0 Å². The van der Waals surface area contributed by atoms with E-state index < -0.39 is 20.1 Å². The summed E-state index contributed by atoms with van der Waals surface area (Å²) in [5.41, 5.74) is 0.232. The molecule has 3 nitrogen and oxygen atoms in total. The maximum atomic E-state index is 11.9. The van der Waals surface area contributed by atoms with Gasteiger partial charge >= 0.3 is 0 Å². The van der Waals surface area contributed by atoms with Crippen molar-refractivity contribution in [1.82, 2.24) is 0 Å². The molecule has 0 radical (unpaired) electrons. The van der Waals surface area contributed by atoms with Gasteiger partial charge in [-0.1, -0.05) is 47.8 Å². The largest absolute Gasteiger partial charge is 0.385 e. The fourth-order valence-electron chi connectivity index (χ4n) is 1.45. The lowest BCUT2D eigenvalue weighted by Crippen LogP contribution is -2.37. The van der Waals surface area contributed by atoms with E-state index in [1.165, 1.54) is 32.0 Å². The Kier molecular flexibility index (Phi) is 4.95. The summed E-state index contributed by atoms with van der Waals surface area (Å²) >= 11 is 17.7. The van der Waals surface area contributed by atoms with Crippen LogP contribution in [-0.4, -0.2) is 23.5 Å². The van der Waals surface area contributed by atoms with Crippen molar-refractivity contribution in [2.24, 2.45) is 0 Å². The minimum Gasteiger partial charge on any atom is -0.385 e. The van der Waals surface area contributed by atoms with Crippen LogP contribution in [0, 0.1) is 0 Å². The van der Waals surface area contributed by atoms with Gasteiger partial charge in [-0.3, -0.25) is 0 Å². The van der Waals surface area contributed by atoms with E-state index in [2.05, 4.69) is 0 Å². The first-order chi connectivity index (χ1) is 8.13. The van der Waals surface area contributed by atoms with Crippen LogP contribution in [0.5, 0.6) is 0 Å². The van der Waals surface area contributed by atoms with Crippen molar-refractivity contribution in [2.45, 2.75) is 24.2 Å². The van der Waals surface area contributed by atoms with Gasteiger partial charge in [-0.2, -0.15) is 0 Å². The summed E-state index contributed by atoms with van der Waals surface area (Å²) in [5, 5.41) is 10.7. The van der Waals surface area contributed by atoms with E-state index >= 15 is 0 Å². The van der Waals surface area contributed by atoms with E-state index in [-0.39, 0.29) is 16.3 Å². The number of hydrogen-bond donors (Lipinski definition) is 1. The van der Waals surface area contributed by atoms with Crippen LogP contribution >= 0.6 is 34.8 Å². The Morgan fingerprint density at radius 3 is 2.39 bits per heavy atom. The number of aliphatic hydroxyl groups is 1. The fraction of sp³-hybridized carbons (Fsp3) is 0.455. The van der Waals surface area contributed by atoms with Gasteiger partial charge in [0.15, 0.2) is 14.0 Å². The quantitative estimate of drug-likeness (QED) is 0.860. The third-order valence-corrected chi connectivity index (χ3v) is 6.41. The molecule has 0 aromatic heterocycles. The monoisotopic (exact) mass is 330 g/mol. The van der Waals surface area contributed by atoms with Crippen LogP contribution in [0.2, 0.25) is 10.0 Å². The normalized spacial score (nSPS) is 17.2. The third kappa shape index (κ3) is 2.94. The second-order valence-electron chi connectivity index (χ2n) is 3.96. The summed E-state index contributed by atoms with van der Waals surface area (Å²) in [6.45, 7) is 2.72. The maximum Gasteiger partial charge on any atom is 0.172 e. The smallest absolute Gasteiger partial charge is 0.172 e. The molecule has 0 unspecified atom stereocenters. The molecule has 0 aliphatic heterocycles. The lowest BCUT2D eigenvalue weighted by molar-refractivity contribution is 0.163. The van der Waals surface area contributed by atoms with Crippen molar-refractivity contribution in [3.8, 4) is 0 Å². The summed E-state index contributed by atoms with van der Waals surface area (Å²) in [7, 11) is -3.65. The predicted molar refractivity (Wildman–Crippen MR) is 75.1 cm³/mol. The Bertz CT molecular complexity index is 540. The standard InChI is InChI=1S/C11H13Cl3O3S/c1-3-18(16,17)11(2,14)10(15)8-5-4-7(12)6-9(8)13/h4-6,10,15H,3H2,1-2H3/t10-,11-/m0/s1. The molecule has 0 fully saturated rings. The average molecular weight is 332 g/mol. The molecular formula is C11H13Cl3O3S. The number of halogens is 3.